The summed E-state index contributed by atoms with van der Waals surface area (Å²) in [6.07, 6.45) is -3.94. The predicted molar refractivity (Wildman–Crippen MR) is 133 cm³/mol. The van der Waals surface area contributed by atoms with E-state index in [4.69, 9.17) is 16.3 Å². The Morgan fingerprint density at radius 1 is 1.26 bits per heavy atom. The number of hydrogen-bond acceptors (Lipinski definition) is 4. The Hall–Kier alpha value is -3.70. The molecule has 1 aromatic heterocycles. The number of nitrogens with one attached hydrogen (secondary N) is 2. The maximum atomic E-state index is 13.6. The molecular formula is C26H23ClF4N4O3. The summed E-state index contributed by atoms with van der Waals surface area (Å²) in [5.74, 6) is -1.51. The number of benzene rings is 2. The highest BCUT2D eigenvalue weighted by Gasteiger charge is 2.50. The topological polar surface area (TPSA) is 85.2 Å². The van der Waals surface area contributed by atoms with Gasteiger partial charge < -0.3 is 15.4 Å². The smallest absolute Gasteiger partial charge is 0.357 e. The van der Waals surface area contributed by atoms with Gasteiger partial charge in [-0.1, -0.05) is 24.3 Å². The summed E-state index contributed by atoms with van der Waals surface area (Å²) < 4.78 is 60.4. The van der Waals surface area contributed by atoms with Gasteiger partial charge in [0.1, 0.15) is 5.82 Å². The SMILES string of the molecule is C=CC(C)(OCc1cc(Cl)cc(-c2cc(NC(=O)[C@@H]3CNC(=O)C3)nn2-c2ccc(F)cc2)c1)C(F)(F)F. The standard InChI is InChI=1S/C26H23ClF4N4O3/c1-3-25(2,26(29,30)31)38-14-15-8-16(10-18(27)9-15)21-12-22(33-24(37)17-11-23(36)32-13-17)34-35(21)20-6-4-19(28)5-7-20/h3-10,12,17H,1,11,13-14H2,2H3,(H,32,36)(H,33,34,37)/t17-,25?/m0/s1. The van der Waals surface area contributed by atoms with Crippen molar-refractivity contribution >= 4 is 29.2 Å². The summed E-state index contributed by atoms with van der Waals surface area (Å²) in [4.78, 5) is 24.1. The molecule has 1 aliphatic rings. The molecule has 1 unspecified atom stereocenters. The van der Waals surface area contributed by atoms with Gasteiger partial charge in [0, 0.05) is 29.6 Å². The Morgan fingerprint density at radius 2 is 1.97 bits per heavy atom. The van der Waals surface area contributed by atoms with Crippen molar-refractivity contribution in [1.29, 1.82) is 0 Å². The van der Waals surface area contributed by atoms with Crippen LogP contribution < -0.4 is 10.6 Å². The number of ether oxygens (including phenoxy) is 1. The number of carbonyl (C=O) groups excluding carboxylic acids is 2. The van der Waals surface area contributed by atoms with Crippen molar-refractivity contribution in [2.45, 2.75) is 31.7 Å². The Balaban J connectivity index is 1.69. The zero-order valence-corrected chi connectivity index (χ0v) is 20.9. The van der Waals surface area contributed by atoms with Crippen molar-refractivity contribution in [2.75, 3.05) is 11.9 Å². The minimum absolute atomic E-state index is 0.0522. The number of hydrogen-bond donors (Lipinski definition) is 2. The second-order valence-corrected chi connectivity index (χ2v) is 9.38. The van der Waals surface area contributed by atoms with Crippen molar-refractivity contribution < 1.29 is 31.9 Å². The molecule has 1 fully saturated rings. The molecule has 0 bridgehead atoms. The summed E-state index contributed by atoms with van der Waals surface area (Å²) in [6.45, 7) is 3.89. The third kappa shape index (κ3) is 5.89. The van der Waals surface area contributed by atoms with E-state index in [2.05, 4.69) is 22.3 Å². The molecule has 1 saturated heterocycles. The van der Waals surface area contributed by atoms with Crippen LogP contribution >= 0.6 is 11.6 Å². The number of amides is 2. The lowest BCUT2D eigenvalue weighted by atomic mass is 10.1. The fraction of sp³-hybridized carbons (Fsp3) is 0.269. The summed E-state index contributed by atoms with van der Waals surface area (Å²) in [5.41, 5.74) is -0.900. The molecule has 0 radical (unpaired) electrons. The molecule has 0 saturated carbocycles. The van der Waals surface area contributed by atoms with E-state index in [0.29, 0.717) is 28.6 Å². The van der Waals surface area contributed by atoms with Crippen LogP contribution in [0.15, 0.2) is 61.2 Å². The van der Waals surface area contributed by atoms with Crippen molar-refractivity contribution in [1.82, 2.24) is 15.1 Å². The highest BCUT2D eigenvalue weighted by molar-refractivity contribution is 6.31. The average Bonchev–Trinajstić information content (AvgIpc) is 3.48. The number of anilines is 1. The molecule has 1 aliphatic heterocycles. The van der Waals surface area contributed by atoms with Crippen LogP contribution in [0.5, 0.6) is 0 Å². The van der Waals surface area contributed by atoms with Crippen LogP contribution in [-0.4, -0.2) is 39.9 Å². The predicted octanol–water partition coefficient (Wildman–Crippen LogP) is 5.43. The number of aromatic nitrogens is 2. The van der Waals surface area contributed by atoms with E-state index in [1.165, 1.54) is 35.0 Å². The Bertz CT molecular complexity index is 1370. The first-order valence-corrected chi connectivity index (χ1v) is 11.8. The molecule has 2 atom stereocenters. The monoisotopic (exact) mass is 550 g/mol. The first kappa shape index (κ1) is 27.3. The first-order chi connectivity index (χ1) is 17.9. The maximum absolute atomic E-state index is 13.6. The van der Waals surface area contributed by atoms with Gasteiger partial charge in [0.15, 0.2) is 11.4 Å². The lowest BCUT2D eigenvalue weighted by Crippen LogP contribution is -2.42. The van der Waals surface area contributed by atoms with Gasteiger partial charge in [0.25, 0.3) is 0 Å². The Morgan fingerprint density at radius 3 is 2.58 bits per heavy atom. The molecule has 2 N–H and O–H groups in total. The van der Waals surface area contributed by atoms with Crippen LogP contribution in [0.1, 0.15) is 18.9 Å². The zero-order chi connectivity index (χ0) is 27.7. The second kappa shape index (κ2) is 10.6. The molecule has 12 heteroatoms. The van der Waals surface area contributed by atoms with E-state index in [-0.39, 0.29) is 29.7 Å². The number of nitrogens with zero attached hydrogens (tertiary/aromatic N) is 2. The molecule has 7 nitrogen and oxygen atoms in total. The van der Waals surface area contributed by atoms with Crippen LogP contribution in [0.3, 0.4) is 0 Å². The van der Waals surface area contributed by atoms with E-state index in [1.807, 2.05) is 0 Å². The van der Waals surface area contributed by atoms with E-state index in [0.717, 1.165) is 6.92 Å². The van der Waals surface area contributed by atoms with Crippen LogP contribution in [0.2, 0.25) is 5.02 Å². The summed E-state index contributed by atoms with van der Waals surface area (Å²) in [5, 5.41) is 9.93. The fourth-order valence-corrected chi connectivity index (χ4v) is 4.07. The number of rotatable bonds is 8. The lowest BCUT2D eigenvalue weighted by Gasteiger charge is -2.29. The molecule has 2 amide bonds. The first-order valence-electron chi connectivity index (χ1n) is 11.5. The molecule has 0 spiro atoms. The fourth-order valence-electron chi connectivity index (χ4n) is 3.82. The Labute approximate surface area is 220 Å². The normalized spacial score (nSPS) is 17.1. The number of alkyl halides is 3. The largest absolute Gasteiger partial charge is 0.420 e. The lowest BCUT2D eigenvalue weighted by molar-refractivity contribution is -0.254. The van der Waals surface area contributed by atoms with E-state index >= 15 is 0 Å². The third-order valence-corrected chi connectivity index (χ3v) is 6.34. The average molecular weight is 551 g/mol. The molecule has 200 valence electrons. The number of halogens is 5. The van der Waals surface area contributed by atoms with Gasteiger partial charge in [-0.2, -0.15) is 13.2 Å². The van der Waals surface area contributed by atoms with Gasteiger partial charge in [-0.3, -0.25) is 9.59 Å². The van der Waals surface area contributed by atoms with Gasteiger partial charge in [-0.25, -0.2) is 9.07 Å². The van der Waals surface area contributed by atoms with E-state index < -0.39 is 36.0 Å². The van der Waals surface area contributed by atoms with Crippen molar-refractivity contribution in [2.24, 2.45) is 5.92 Å². The molecule has 38 heavy (non-hydrogen) atoms. The van der Waals surface area contributed by atoms with Gasteiger partial charge in [-0.05, 0) is 55.0 Å². The third-order valence-electron chi connectivity index (χ3n) is 6.12. The molecular weight excluding hydrogens is 528 g/mol. The van der Waals surface area contributed by atoms with Crippen molar-refractivity contribution in [3.63, 3.8) is 0 Å². The molecule has 2 heterocycles. The minimum Gasteiger partial charge on any atom is -0.357 e. The van der Waals surface area contributed by atoms with Crippen LogP contribution in [0.25, 0.3) is 16.9 Å². The van der Waals surface area contributed by atoms with Crippen LogP contribution in [0, 0.1) is 11.7 Å². The molecule has 0 aliphatic carbocycles. The van der Waals surface area contributed by atoms with E-state index in [9.17, 15) is 27.2 Å². The summed E-state index contributed by atoms with van der Waals surface area (Å²) >= 11 is 6.30. The highest BCUT2D eigenvalue weighted by atomic mass is 35.5. The van der Waals surface area contributed by atoms with E-state index in [1.54, 1.807) is 18.2 Å². The van der Waals surface area contributed by atoms with Gasteiger partial charge >= 0.3 is 6.18 Å². The van der Waals surface area contributed by atoms with Crippen molar-refractivity contribution in [3.8, 4) is 16.9 Å². The van der Waals surface area contributed by atoms with Gasteiger partial charge in [-0.15, -0.1) is 5.10 Å². The van der Waals surface area contributed by atoms with Gasteiger partial charge in [0.05, 0.1) is 23.9 Å². The zero-order valence-electron chi connectivity index (χ0n) is 20.1. The Kier molecular flexibility index (Phi) is 7.61. The summed E-state index contributed by atoms with van der Waals surface area (Å²) in [7, 11) is 0. The number of carbonyl (C=O) groups is 2. The maximum Gasteiger partial charge on any atom is 0.420 e. The highest BCUT2D eigenvalue weighted by Crippen LogP contribution is 2.36. The van der Waals surface area contributed by atoms with Crippen LogP contribution in [0.4, 0.5) is 23.4 Å². The molecule has 4 rings (SSSR count). The van der Waals surface area contributed by atoms with Crippen molar-refractivity contribution in [3.05, 3.63) is 77.6 Å². The molecule has 3 aromatic rings. The minimum atomic E-state index is -4.68. The van der Waals surface area contributed by atoms with Crippen LogP contribution in [-0.2, 0) is 20.9 Å². The second-order valence-electron chi connectivity index (χ2n) is 8.94. The summed E-state index contributed by atoms with van der Waals surface area (Å²) in [6, 6.07) is 11.6. The van der Waals surface area contributed by atoms with Gasteiger partial charge in [0.2, 0.25) is 11.8 Å². The molecule has 2 aromatic carbocycles. The quantitative estimate of drug-likeness (QED) is 0.289.